The Morgan fingerprint density at radius 1 is 1.18 bits per heavy atom. The van der Waals surface area contributed by atoms with Gasteiger partial charge in [-0.2, -0.15) is 5.10 Å². The molecule has 0 fully saturated rings. The zero-order valence-electron chi connectivity index (χ0n) is 21.9. The molecule has 0 aliphatic rings. The third kappa shape index (κ3) is 5.81. The van der Waals surface area contributed by atoms with E-state index in [-0.39, 0.29) is 34.7 Å². The van der Waals surface area contributed by atoms with E-state index >= 15 is 0 Å². The van der Waals surface area contributed by atoms with Crippen LogP contribution < -0.4 is 21.6 Å². The van der Waals surface area contributed by atoms with Crippen molar-refractivity contribution in [1.29, 1.82) is 0 Å². The minimum atomic E-state index is -0.384. The second kappa shape index (κ2) is 10.6. The predicted molar refractivity (Wildman–Crippen MR) is 153 cm³/mol. The predicted octanol–water partition coefficient (Wildman–Crippen LogP) is -0.430. The van der Waals surface area contributed by atoms with E-state index in [9.17, 15) is 9.18 Å². The van der Waals surface area contributed by atoms with E-state index in [0.717, 1.165) is 16.7 Å². The molecule has 2 heterocycles. The molecule has 6 N–H and O–H groups in total. The van der Waals surface area contributed by atoms with E-state index < -0.39 is 0 Å². The van der Waals surface area contributed by atoms with Crippen LogP contribution in [0.25, 0.3) is 22.0 Å². The highest BCUT2D eigenvalue weighted by molar-refractivity contribution is 6.60. The number of nitrogens with one attached hydrogen (secondary N) is 2. The summed E-state index contributed by atoms with van der Waals surface area (Å²) in [6, 6.07) is 13.0. The highest BCUT2D eigenvalue weighted by atomic mass is 19.1. The molecule has 4 rings (SSSR count). The number of nitrogens with zero attached hydrogens (tertiary/aromatic N) is 4. The molecule has 0 aliphatic heterocycles. The lowest BCUT2D eigenvalue weighted by Crippen LogP contribution is -2.50. The molecule has 0 aliphatic carbocycles. The number of aromatic nitrogens is 3. The maximum absolute atomic E-state index is 13.3. The molecule has 192 valence electrons. The molecule has 0 saturated carbocycles. The van der Waals surface area contributed by atoms with Crippen LogP contribution in [0.3, 0.4) is 0 Å². The van der Waals surface area contributed by atoms with Gasteiger partial charge in [0.2, 0.25) is 5.88 Å². The number of fused-ring (bicyclic) bond motifs is 1. The standard InChI is InChI=1S/C24H28B3FN8O2/c1-12(13-3-6-16(28)7-4-13)36(30)35-21(29)18-9-15(11-31-23(18)38-2)14-5-8-17-19(10-14)33-34-20(17)22(37)32-24(25,26)27/h3-12H,25-27,30H2,1-2H3,(H2,29,35)(H,32,37)(H,33,34). The average molecular weight is 512 g/mol. The van der Waals surface area contributed by atoms with Gasteiger partial charge in [-0.25, -0.2) is 20.3 Å². The van der Waals surface area contributed by atoms with Gasteiger partial charge in [0.1, 0.15) is 29.4 Å². The Morgan fingerprint density at radius 2 is 1.89 bits per heavy atom. The van der Waals surface area contributed by atoms with Crippen LogP contribution in [0.1, 0.15) is 34.6 Å². The summed E-state index contributed by atoms with van der Waals surface area (Å²) >= 11 is 0. The van der Waals surface area contributed by atoms with Gasteiger partial charge in [0.25, 0.3) is 5.91 Å². The molecular formula is C24H28B3FN8O2. The molecule has 38 heavy (non-hydrogen) atoms. The van der Waals surface area contributed by atoms with Crippen molar-refractivity contribution in [3.8, 4) is 17.0 Å². The highest BCUT2D eigenvalue weighted by Gasteiger charge is 2.21. The molecule has 1 unspecified atom stereocenters. The number of methoxy groups -OCH3 is 1. The Morgan fingerprint density at radius 3 is 2.55 bits per heavy atom. The van der Waals surface area contributed by atoms with Gasteiger partial charge in [-0.1, -0.05) is 18.2 Å². The Hall–Kier alpha value is -4.32. The number of hydrogen-bond donors (Lipinski definition) is 4. The lowest BCUT2D eigenvalue weighted by atomic mass is 9.49. The van der Waals surface area contributed by atoms with Gasteiger partial charge in [0.05, 0.1) is 24.2 Å². The number of amides is 1. The summed E-state index contributed by atoms with van der Waals surface area (Å²) in [6.45, 7) is 1.82. The molecular weight excluding hydrogens is 484 g/mol. The van der Waals surface area contributed by atoms with Crippen molar-refractivity contribution in [2.75, 3.05) is 7.11 Å². The number of hydrogen-bond acceptors (Lipinski definition) is 7. The Bertz CT molecular complexity index is 1510. The van der Waals surface area contributed by atoms with Crippen LogP contribution in [-0.2, 0) is 0 Å². The van der Waals surface area contributed by atoms with E-state index in [1.807, 2.05) is 48.7 Å². The summed E-state index contributed by atoms with van der Waals surface area (Å²) in [7, 11) is 7.22. The van der Waals surface area contributed by atoms with Crippen LogP contribution in [0.4, 0.5) is 4.39 Å². The molecule has 2 aromatic heterocycles. The number of pyridine rings is 1. The molecule has 10 nitrogen and oxygen atoms in total. The first-order valence-corrected chi connectivity index (χ1v) is 12.0. The van der Waals surface area contributed by atoms with Gasteiger partial charge < -0.3 is 15.8 Å². The quantitative estimate of drug-likeness (QED) is 0.0824. The maximum atomic E-state index is 13.3. The summed E-state index contributed by atoms with van der Waals surface area (Å²) in [5.41, 5.74) is 10.1. The van der Waals surface area contributed by atoms with Crippen LogP contribution in [0.15, 0.2) is 59.8 Å². The number of carbonyl (C=O) groups is 1. The number of amidine groups is 1. The number of benzene rings is 2. The fraction of sp³-hybridized carbons (Fsp3) is 0.167. The smallest absolute Gasteiger partial charge is 0.270 e. The number of aromatic amines is 1. The Balaban J connectivity index is 1.64. The molecule has 4 aromatic rings. The summed E-state index contributed by atoms with van der Waals surface area (Å²) < 4.78 is 18.7. The summed E-state index contributed by atoms with van der Waals surface area (Å²) in [4.78, 5) is 17.0. The first-order chi connectivity index (χ1) is 18.0. The molecule has 0 radical (unpaired) electrons. The number of carbonyl (C=O) groups excluding carboxylic acids is 1. The van der Waals surface area contributed by atoms with Gasteiger partial charge in [-0.05, 0) is 53.6 Å². The molecule has 0 bridgehead atoms. The summed E-state index contributed by atoms with van der Waals surface area (Å²) in [5.74, 6) is 5.94. The number of H-pyrrole nitrogens is 1. The minimum Gasteiger partial charge on any atom is -0.480 e. The van der Waals surface area contributed by atoms with Crippen LogP contribution in [0, 0.1) is 5.82 Å². The largest absolute Gasteiger partial charge is 0.480 e. The van der Waals surface area contributed by atoms with Crippen LogP contribution in [0.2, 0.25) is 0 Å². The number of ether oxygens (including phenoxy) is 1. The molecule has 2 aromatic carbocycles. The van der Waals surface area contributed by atoms with Crippen LogP contribution >= 0.6 is 0 Å². The van der Waals surface area contributed by atoms with Crippen LogP contribution in [-0.4, -0.2) is 67.9 Å². The van der Waals surface area contributed by atoms with Gasteiger partial charge in [0.15, 0.2) is 11.5 Å². The van der Waals surface area contributed by atoms with E-state index in [1.54, 1.807) is 24.4 Å². The van der Waals surface area contributed by atoms with Gasteiger partial charge >= 0.3 is 0 Å². The number of hydrazine groups is 1. The van der Waals surface area contributed by atoms with E-state index in [1.165, 1.54) is 24.4 Å². The first kappa shape index (κ1) is 26.7. The molecule has 1 atom stereocenters. The molecule has 0 saturated heterocycles. The molecule has 14 heteroatoms. The van der Waals surface area contributed by atoms with Crippen molar-refractivity contribution in [1.82, 2.24) is 25.6 Å². The fourth-order valence-corrected chi connectivity index (χ4v) is 3.89. The van der Waals surface area contributed by atoms with E-state index in [0.29, 0.717) is 22.2 Å². The van der Waals surface area contributed by atoms with Crippen molar-refractivity contribution >= 4 is 46.2 Å². The Labute approximate surface area is 222 Å². The number of halogens is 1. The van der Waals surface area contributed by atoms with Crippen molar-refractivity contribution in [2.45, 2.75) is 18.2 Å². The monoisotopic (exact) mass is 512 g/mol. The van der Waals surface area contributed by atoms with Gasteiger partial charge in [-0.15, -0.1) is 5.10 Å². The van der Waals surface area contributed by atoms with Crippen molar-refractivity contribution in [2.24, 2.45) is 16.7 Å². The van der Waals surface area contributed by atoms with E-state index in [4.69, 9.17) is 16.3 Å². The van der Waals surface area contributed by atoms with Crippen molar-refractivity contribution in [3.63, 3.8) is 0 Å². The second-order valence-corrected chi connectivity index (χ2v) is 9.91. The van der Waals surface area contributed by atoms with Crippen LogP contribution in [0.5, 0.6) is 5.88 Å². The topological polar surface area (TPSA) is 148 Å². The lowest BCUT2D eigenvalue weighted by molar-refractivity contribution is 0.0949. The minimum absolute atomic E-state index is 0.0939. The molecule has 1 amide bonds. The summed E-state index contributed by atoms with van der Waals surface area (Å²) in [6.07, 6.45) is 1.65. The lowest BCUT2D eigenvalue weighted by Gasteiger charge is -2.22. The molecule has 0 spiro atoms. The van der Waals surface area contributed by atoms with Crippen molar-refractivity contribution < 1.29 is 13.9 Å². The highest BCUT2D eigenvalue weighted by Crippen LogP contribution is 2.28. The third-order valence-corrected chi connectivity index (χ3v) is 5.89. The van der Waals surface area contributed by atoms with Gasteiger partial charge in [0, 0.05) is 17.1 Å². The average Bonchev–Trinajstić information content (AvgIpc) is 3.31. The zero-order valence-corrected chi connectivity index (χ0v) is 21.9. The Kier molecular flexibility index (Phi) is 7.45. The number of hydrazone groups is 1. The zero-order chi connectivity index (χ0) is 27.6. The second-order valence-electron chi connectivity index (χ2n) is 9.91. The fourth-order valence-electron chi connectivity index (χ4n) is 3.89. The van der Waals surface area contributed by atoms with Gasteiger partial charge in [-0.3, -0.25) is 9.89 Å². The van der Waals surface area contributed by atoms with E-state index in [2.05, 4.69) is 25.6 Å². The first-order valence-electron chi connectivity index (χ1n) is 12.0. The third-order valence-electron chi connectivity index (χ3n) is 5.89. The number of rotatable bonds is 8. The van der Waals surface area contributed by atoms with Crippen molar-refractivity contribution in [3.05, 3.63) is 77.4 Å². The summed E-state index contributed by atoms with van der Waals surface area (Å²) in [5, 5.41) is 15.9. The maximum Gasteiger partial charge on any atom is 0.270 e. The number of nitrogens with two attached hydrogens (primary N) is 2. The SMILES string of the molecule is BC(B)(B)NC(=O)c1n[nH]c2cc(-c3cnc(OC)c(/C(N)=N/N(N)C(C)c4ccc(F)cc4)c3)ccc12. The normalized spacial score (nSPS) is 12.8.